The van der Waals surface area contributed by atoms with Crippen LogP contribution in [0.2, 0.25) is 0 Å². The SMILES string of the molecule is C/C=C/C=N/c1ccccn1. The Bertz CT molecular complexity index is 250. The van der Waals surface area contributed by atoms with Gasteiger partial charge < -0.3 is 0 Å². The summed E-state index contributed by atoms with van der Waals surface area (Å²) in [5.74, 6) is 0.741. The summed E-state index contributed by atoms with van der Waals surface area (Å²) in [5, 5.41) is 0. The molecule has 0 aliphatic heterocycles. The molecule has 0 saturated carbocycles. The molecule has 1 aromatic heterocycles. The van der Waals surface area contributed by atoms with E-state index in [-0.39, 0.29) is 0 Å². The van der Waals surface area contributed by atoms with Crippen molar-refractivity contribution in [3.8, 4) is 0 Å². The fourth-order valence-electron chi connectivity index (χ4n) is 0.636. The van der Waals surface area contributed by atoms with Crippen molar-refractivity contribution >= 4 is 12.0 Å². The second-order valence-electron chi connectivity index (χ2n) is 1.99. The number of hydrogen-bond acceptors (Lipinski definition) is 2. The second kappa shape index (κ2) is 4.39. The molecule has 0 amide bonds. The number of aromatic nitrogens is 1. The van der Waals surface area contributed by atoms with E-state index in [4.69, 9.17) is 0 Å². The standard InChI is InChI=1S/C9H10N2/c1-2-3-7-10-9-6-4-5-8-11-9/h2-8H,1H3/b3-2+,10-7+. The van der Waals surface area contributed by atoms with E-state index in [1.54, 1.807) is 12.4 Å². The highest BCUT2D eigenvalue weighted by molar-refractivity contribution is 5.73. The summed E-state index contributed by atoms with van der Waals surface area (Å²) in [5.41, 5.74) is 0. The summed E-state index contributed by atoms with van der Waals surface area (Å²) >= 11 is 0. The van der Waals surface area contributed by atoms with Crippen molar-refractivity contribution in [1.82, 2.24) is 4.98 Å². The first-order valence-corrected chi connectivity index (χ1v) is 3.50. The van der Waals surface area contributed by atoms with Crippen LogP contribution in [0.4, 0.5) is 5.82 Å². The van der Waals surface area contributed by atoms with Crippen molar-refractivity contribution in [2.45, 2.75) is 6.92 Å². The van der Waals surface area contributed by atoms with Crippen LogP contribution in [0.15, 0.2) is 41.5 Å². The van der Waals surface area contributed by atoms with Gasteiger partial charge in [0.1, 0.15) is 0 Å². The van der Waals surface area contributed by atoms with Crippen molar-refractivity contribution in [3.05, 3.63) is 36.5 Å². The first-order chi connectivity index (χ1) is 5.43. The predicted molar refractivity (Wildman–Crippen MR) is 47.2 cm³/mol. The van der Waals surface area contributed by atoms with Crippen LogP contribution in [-0.4, -0.2) is 11.2 Å². The lowest BCUT2D eigenvalue weighted by molar-refractivity contribution is 1.28. The zero-order chi connectivity index (χ0) is 7.94. The fraction of sp³-hybridized carbons (Fsp3) is 0.111. The van der Waals surface area contributed by atoms with E-state index in [1.165, 1.54) is 0 Å². The van der Waals surface area contributed by atoms with Crippen LogP contribution >= 0.6 is 0 Å². The molecule has 11 heavy (non-hydrogen) atoms. The minimum Gasteiger partial charge on any atom is -0.237 e. The monoisotopic (exact) mass is 146 g/mol. The molecule has 0 radical (unpaired) electrons. The molecular formula is C9H10N2. The molecule has 0 aliphatic carbocycles. The van der Waals surface area contributed by atoms with Gasteiger partial charge in [0.15, 0.2) is 5.82 Å². The Balaban J connectivity index is 2.64. The average Bonchev–Trinajstić information content (AvgIpc) is 2.07. The van der Waals surface area contributed by atoms with E-state index in [0.29, 0.717) is 0 Å². The maximum absolute atomic E-state index is 4.07. The van der Waals surface area contributed by atoms with Gasteiger partial charge in [0, 0.05) is 12.4 Å². The minimum absolute atomic E-state index is 0.741. The maximum atomic E-state index is 4.07. The average molecular weight is 146 g/mol. The molecule has 1 aromatic rings. The molecule has 0 bridgehead atoms. The van der Waals surface area contributed by atoms with Gasteiger partial charge in [-0.15, -0.1) is 0 Å². The number of pyridine rings is 1. The molecule has 0 N–H and O–H groups in total. The van der Waals surface area contributed by atoms with Gasteiger partial charge in [-0.3, -0.25) is 0 Å². The summed E-state index contributed by atoms with van der Waals surface area (Å²) in [6.07, 6.45) is 7.24. The van der Waals surface area contributed by atoms with Gasteiger partial charge in [-0.1, -0.05) is 12.1 Å². The largest absolute Gasteiger partial charge is 0.237 e. The smallest absolute Gasteiger partial charge is 0.151 e. The quantitative estimate of drug-likeness (QED) is 0.588. The van der Waals surface area contributed by atoms with Gasteiger partial charge >= 0.3 is 0 Å². The van der Waals surface area contributed by atoms with Gasteiger partial charge in [-0.05, 0) is 25.1 Å². The van der Waals surface area contributed by atoms with Crippen molar-refractivity contribution in [2.24, 2.45) is 4.99 Å². The molecule has 1 rings (SSSR count). The summed E-state index contributed by atoms with van der Waals surface area (Å²) < 4.78 is 0. The van der Waals surface area contributed by atoms with E-state index in [2.05, 4.69) is 9.98 Å². The van der Waals surface area contributed by atoms with Crippen molar-refractivity contribution in [1.29, 1.82) is 0 Å². The van der Waals surface area contributed by atoms with Gasteiger partial charge in [0.2, 0.25) is 0 Å². The number of nitrogens with zero attached hydrogens (tertiary/aromatic N) is 2. The summed E-state index contributed by atoms with van der Waals surface area (Å²) in [6, 6.07) is 5.64. The number of allylic oxidation sites excluding steroid dienone is 2. The van der Waals surface area contributed by atoms with Crippen LogP contribution in [-0.2, 0) is 0 Å². The van der Waals surface area contributed by atoms with E-state index in [1.807, 2.05) is 37.3 Å². The highest BCUT2D eigenvalue weighted by Gasteiger charge is 1.81. The van der Waals surface area contributed by atoms with Gasteiger partial charge in [0.05, 0.1) is 0 Å². The molecule has 0 atom stereocenters. The normalized spacial score (nSPS) is 11.4. The lowest BCUT2D eigenvalue weighted by Crippen LogP contribution is -1.70. The molecule has 0 aromatic carbocycles. The van der Waals surface area contributed by atoms with Crippen LogP contribution in [0.3, 0.4) is 0 Å². The first kappa shape index (κ1) is 7.66. The van der Waals surface area contributed by atoms with Crippen LogP contribution in [0, 0.1) is 0 Å². The Labute approximate surface area is 66.3 Å². The topological polar surface area (TPSA) is 25.2 Å². The molecule has 2 nitrogen and oxygen atoms in total. The van der Waals surface area contributed by atoms with Crippen LogP contribution < -0.4 is 0 Å². The lowest BCUT2D eigenvalue weighted by atomic mass is 10.5. The zero-order valence-electron chi connectivity index (χ0n) is 6.44. The molecule has 0 fully saturated rings. The molecule has 0 unspecified atom stereocenters. The summed E-state index contributed by atoms with van der Waals surface area (Å²) in [4.78, 5) is 8.09. The number of rotatable bonds is 2. The minimum atomic E-state index is 0.741. The van der Waals surface area contributed by atoms with Crippen LogP contribution in [0.5, 0.6) is 0 Å². The Kier molecular flexibility index (Phi) is 3.06. The van der Waals surface area contributed by atoms with Gasteiger partial charge in [-0.25, -0.2) is 9.98 Å². The molecular weight excluding hydrogens is 136 g/mol. The fourth-order valence-corrected chi connectivity index (χ4v) is 0.636. The van der Waals surface area contributed by atoms with Crippen molar-refractivity contribution in [3.63, 3.8) is 0 Å². The van der Waals surface area contributed by atoms with E-state index in [0.717, 1.165) is 5.82 Å². The number of aliphatic imine (C=N–C) groups is 1. The Morgan fingerprint density at radius 3 is 3.00 bits per heavy atom. The van der Waals surface area contributed by atoms with E-state index >= 15 is 0 Å². The molecule has 0 aliphatic rings. The first-order valence-electron chi connectivity index (χ1n) is 3.50. The molecule has 56 valence electrons. The summed E-state index contributed by atoms with van der Waals surface area (Å²) in [7, 11) is 0. The predicted octanol–water partition coefficient (Wildman–Crippen LogP) is 2.36. The van der Waals surface area contributed by atoms with E-state index < -0.39 is 0 Å². The van der Waals surface area contributed by atoms with Gasteiger partial charge in [0.25, 0.3) is 0 Å². The third-order valence-corrected chi connectivity index (χ3v) is 1.13. The molecule has 0 saturated heterocycles. The Hall–Kier alpha value is -1.44. The zero-order valence-corrected chi connectivity index (χ0v) is 6.44. The highest BCUT2D eigenvalue weighted by atomic mass is 14.9. The molecule has 2 heteroatoms. The second-order valence-corrected chi connectivity index (χ2v) is 1.99. The maximum Gasteiger partial charge on any atom is 0.151 e. The third-order valence-electron chi connectivity index (χ3n) is 1.13. The molecule has 0 spiro atoms. The molecule has 1 heterocycles. The van der Waals surface area contributed by atoms with Gasteiger partial charge in [-0.2, -0.15) is 0 Å². The highest BCUT2D eigenvalue weighted by Crippen LogP contribution is 2.02. The van der Waals surface area contributed by atoms with Crippen LogP contribution in [0.25, 0.3) is 0 Å². The summed E-state index contributed by atoms with van der Waals surface area (Å²) in [6.45, 7) is 1.95. The third kappa shape index (κ3) is 2.76. The lowest BCUT2D eigenvalue weighted by Gasteiger charge is -1.86. The Morgan fingerprint density at radius 1 is 1.45 bits per heavy atom. The van der Waals surface area contributed by atoms with Crippen molar-refractivity contribution < 1.29 is 0 Å². The Morgan fingerprint density at radius 2 is 2.36 bits per heavy atom. The van der Waals surface area contributed by atoms with Crippen molar-refractivity contribution in [2.75, 3.05) is 0 Å². The van der Waals surface area contributed by atoms with E-state index in [9.17, 15) is 0 Å². The van der Waals surface area contributed by atoms with Crippen LogP contribution in [0.1, 0.15) is 6.92 Å². The number of hydrogen-bond donors (Lipinski definition) is 0.